The molecule has 1 unspecified atom stereocenters. The number of rotatable bonds is 6. The largest absolute Gasteiger partial charge is 0.449 e. The van der Waals surface area contributed by atoms with Crippen molar-refractivity contribution < 1.29 is 14.3 Å². The Kier molecular flexibility index (Phi) is 4.99. The summed E-state index contributed by atoms with van der Waals surface area (Å²) in [6, 6.07) is 7.63. The van der Waals surface area contributed by atoms with Crippen LogP contribution >= 0.6 is 0 Å². The van der Waals surface area contributed by atoms with Crippen molar-refractivity contribution >= 4 is 22.8 Å². The first-order valence-corrected chi connectivity index (χ1v) is 7.26. The Morgan fingerprint density at radius 2 is 2.14 bits per heavy atom. The molecule has 1 aromatic carbocycles. The molecule has 0 aliphatic heterocycles. The van der Waals surface area contributed by atoms with Gasteiger partial charge in [0.2, 0.25) is 0 Å². The fraction of sp³-hybridized carbons (Fsp3) is 0.294. The fourth-order valence-corrected chi connectivity index (χ4v) is 2.27. The van der Waals surface area contributed by atoms with Crippen molar-refractivity contribution in [2.45, 2.75) is 26.5 Å². The molecule has 1 atom stereocenters. The van der Waals surface area contributed by atoms with E-state index in [2.05, 4.69) is 11.9 Å². The molecule has 0 aliphatic rings. The molecule has 0 spiro atoms. The first-order chi connectivity index (χ1) is 10.6. The molecule has 1 N–H and O–H groups in total. The Balaban J connectivity index is 2.19. The number of nitrogens with zero attached hydrogens (tertiary/aromatic N) is 1. The van der Waals surface area contributed by atoms with Gasteiger partial charge >= 0.3 is 5.97 Å². The molecule has 0 saturated carbocycles. The van der Waals surface area contributed by atoms with Crippen LogP contribution in [0.3, 0.4) is 0 Å². The topological polar surface area (TPSA) is 60.3 Å². The van der Waals surface area contributed by atoms with E-state index in [1.807, 2.05) is 35.8 Å². The van der Waals surface area contributed by atoms with Gasteiger partial charge in [-0.25, -0.2) is 4.79 Å². The van der Waals surface area contributed by atoms with E-state index in [-0.39, 0.29) is 5.91 Å². The number of carbonyl (C=O) groups excluding carboxylic acids is 2. The molecule has 0 fully saturated rings. The van der Waals surface area contributed by atoms with Crippen LogP contribution in [0.25, 0.3) is 10.9 Å². The summed E-state index contributed by atoms with van der Waals surface area (Å²) < 4.78 is 7.24. The highest BCUT2D eigenvalue weighted by Gasteiger charge is 2.21. The smallest absolute Gasteiger partial charge is 0.341 e. The first-order valence-electron chi connectivity index (χ1n) is 7.26. The van der Waals surface area contributed by atoms with E-state index < -0.39 is 12.1 Å². The maximum atomic E-state index is 12.3. The summed E-state index contributed by atoms with van der Waals surface area (Å²) in [4.78, 5) is 24.1. The van der Waals surface area contributed by atoms with Crippen molar-refractivity contribution in [1.82, 2.24) is 9.88 Å². The molecule has 1 heterocycles. The van der Waals surface area contributed by atoms with E-state index in [0.717, 1.165) is 17.4 Å². The highest BCUT2D eigenvalue weighted by molar-refractivity contribution is 6.05. The summed E-state index contributed by atoms with van der Waals surface area (Å²) in [5.74, 6) is -0.836. The zero-order valence-corrected chi connectivity index (χ0v) is 12.8. The van der Waals surface area contributed by atoms with Gasteiger partial charge in [-0.2, -0.15) is 0 Å². The second-order valence-corrected chi connectivity index (χ2v) is 4.93. The maximum absolute atomic E-state index is 12.3. The summed E-state index contributed by atoms with van der Waals surface area (Å²) >= 11 is 0. The van der Waals surface area contributed by atoms with Crippen LogP contribution < -0.4 is 5.32 Å². The predicted octanol–water partition coefficient (Wildman–Crippen LogP) is 2.51. The van der Waals surface area contributed by atoms with E-state index in [1.165, 1.54) is 0 Å². The quantitative estimate of drug-likeness (QED) is 0.658. The number of hydrogen-bond donors (Lipinski definition) is 1. The van der Waals surface area contributed by atoms with E-state index >= 15 is 0 Å². The SMILES string of the molecule is C=CCNC(=O)C(C)OC(=O)c1cn(CC)c2ccccc12. The zero-order chi connectivity index (χ0) is 16.1. The van der Waals surface area contributed by atoms with Gasteiger partial charge in [-0.3, -0.25) is 4.79 Å². The summed E-state index contributed by atoms with van der Waals surface area (Å²) in [6.07, 6.45) is 2.49. The average molecular weight is 300 g/mol. The zero-order valence-electron chi connectivity index (χ0n) is 12.8. The molecule has 116 valence electrons. The predicted molar refractivity (Wildman–Crippen MR) is 85.7 cm³/mol. The summed E-state index contributed by atoms with van der Waals surface area (Å²) in [6.45, 7) is 8.18. The minimum atomic E-state index is -0.851. The van der Waals surface area contributed by atoms with Crippen LogP contribution in [0.1, 0.15) is 24.2 Å². The maximum Gasteiger partial charge on any atom is 0.341 e. The van der Waals surface area contributed by atoms with Crippen LogP contribution in [0.4, 0.5) is 0 Å². The number of aryl methyl sites for hydroxylation is 1. The number of amides is 1. The van der Waals surface area contributed by atoms with Crippen molar-refractivity contribution in [2.75, 3.05) is 6.54 Å². The number of benzene rings is 1. The Bertz CT molecular complexity index is 703. The molecule has 1 aromatic heterocycles. The Hall–Kier alpha value is -2.56. The second kappa shape index (κ2) is 6.93. The second-order valence-electron chi connectivity index (χ2n) is 4.93. The first kappa shape index (κ1) is 15.8. The van der Waals surface area contributed by atoms with Gasteiger partial charge in [0.05, 0.1) is 5.56 Å². The molecule has 2 rings (SSSR count). The van der Waals surface area contributed by atoms with Gasteiger partial charge < -0.3 is 14.6 Å². The lowest BCUT2D eigenvalue weighted by Gasteiger charge is -2.12. The summed E-state index contributed by atoms with van der Waals surface area (Å²) in [5, 5.41) is 3.43. The minimum absolute atomic E-state index is 0.340. The molecule has 0 radical (unpaired) electrons. The fourth-order valence-electron chi connectivity index (χ4n) is 2.27. The Labute approximate surface area is 129 Å². The number of para-hydroxylation sites is 1. The standard InChI is InChI=1S/C17H20N2O3/c1-4-10-18-16(20)12(3)22-17(21)14-11-19(5-2)15-9-7-6-8-13(14)15/h4,6-9,11-12H,1,5,10H2,2-3H3,(H,18,20). The highest BCUT2D eigenvalue weighted by atomic mass is 16.5. The number of aromatic nitrogens is 1. The van der Waals surface area contributed by atoms with Crippen LogP contribution in [0.15, 0.2) is 43.1 Å². The van der Waals surface area contributed by atoms with Gasteiger partial charge in [0, 0.05) is 30.2 Å². The van der Waals surface area contributed by atoms with Gasteiger partial charge in [0.15, 0.2) is 6.10 Å². The van der Waals surface area contributed by atoms with Gasteiger partial charge in [-0.1, -0.05) is 24.3 Å². The van der Waals surface area contributed by atoms with Crippen LogP contribution in [-0.2, 0) is 16.1 Å². The number of fused-ring (bicyclic) bond motifs is 1. The Morgan fingerprint density at radius 1 is 1.41 bits per heavy atom. The van der Waals surface area contributed by atoms with E-state index in [9.17, 15) is 9.59 Å². The molecule has 5 nitrogen and oxygen atoms in total. The lowest BCUT2D eigenvalue weighted by molar-refractivity contribution is -0.128. The van der Waals surface area contributed by atoms with Crippen molar-refractivity contribution in [3.05, 3.63) is 48.7 Å². The van der Waals surface area contributed by atoms with Crippen LogP contribution in [0.2, 0.25) is 0 Å². The number of hydrogen-bond acceptors (Lipinski definition) is 3. The van der Waals surface area contributed by atoms with Gasteiger partial charge in [0.25, 0.3) is 5.91 Å². The number of carbonyl (C=O) groups is 2. The Morgan fingerprint density at radius 3 is 2.82 bits per heavy atom. The van der Waals surface area contributed by atoms with Gasteiger partial charge in [-0.15, -0.1) is 6.58 Å². The highest BCUT2D eigenvalue weighted by Crippen LogP contribution is 2.22. The third-order valence-electron chi connectivity index (χ3n) is 3.42. The van der Waals surface area contributed by atoms with E-state index in [0.29, 0.717) is 12.1 Å². The van der Waals surface area contributed by atoms with Crippen molar-refractivity contribution in [2.24, 2.45) is 0 Å². The van der Waals surface area contributed by atoms with E-state index in [4.69, 9.17) is 4.74 Å². The number of nitrogens with one attached hydrogen (secondary N) is 1. The monoisotopic (exact) mass is 300 g/mol. The third-order valence-corrected chi connectivity index (χ3v) is 3.42. The molecule has 0 aliphatic carbocycles. The third kappa shape index (κ3) is 3.19. The lowest BCUT2D eigenvalue weighted by Crippen LogP contribution is -2.35. The number of esters is 1. The lowest BCUT2D eigenvalue weighted by atomic mass is 10.2. The molecule has 1 amide bonds. The average Bonchev–Trinajstić information content (AvgIpc) is 2.91. The molecule has 2 aromatic rings. The van der Waals surface area contributed by atoms with Gasteiger partial charge in [0.1, 0.15) is 0 Å². The van der Waals surface area contributed by atoms with Crippen LogP contribution in [-0.4, -0.2) is 29.1 Å². The summed E-state index contributed by atoms with van der Waals surface area (Å²) in [7, 11) is 0. The van der Waals surface area contributed by atoms with E-state index in [1.54, 1.807) is 19.2 Å². The molecule has 5 heteroatoms. The van der Waals surface area contributed by atoms with Crippen molar-refractivity contribution in [3.63, 3.8) is 0 Å². The molecule has 0 saturated heterocycles. The van der Waals surface area contributed by atoms with Crippen molar-refractivity contribution in [1.29, 1.82) is 0 Å². The van der Waals surface area contributed by atoms with Gasteiger partial charge in [-0.05, 0) is 19.9 Å². The molecular weight excluding hydrogens is 280 g/mol. The van der Waals surface area contributed by atoms with Crippen molar-refractivity contribution in [3.8, 4) is 0 Å². The van der Waals surface area contributed by atoms with Crippen LogP contribution in [0, 0.1) is 0 Å². The molecule has 22 heavy (non-hydrogen) atoms. The molecule has 0 bridgehead atoms. The summed E-state index contributed by atoms with van der Waals surface area (Å²) in [5.41, 5.74) is 1.45. The minimum Gasteiger partial charge on any atom is -0.449 e. The van der Waals surface area contributed by atoms with Crippen LogP contribution in [0.5, 0.6) is 0 Å². The normalized spacial score (nSPS) is 11.9. The molecular formula is C17H20N2O3. The number of ether oxygens (including phenoxy) is 1.